The molecule has 0 aliphatic carbocycles. The second kappa shape index (κ2) is 11.1. The molecule has 0 spiro atoms. The number of amides is 3. The molecule has 0 bridgehead atoms. The standard InChI is InChI=1S/C17H30N4O5S/c1-10(2)14(17(25)26)20-15(23)11(6-8-27-3)19-16(24)12-5-4-7-21(12)13(22)9-18/h10-12,14H,4-9,18H2,1-3H3,(H,19,24)(H,20,23)(H,25,26). The molecule has 3 atom stereocenters. The quantitative estimate of drug-likeness (QED) is 0.382. The Kier molecular flexibility index (Phi) is 9.57. The SMILES string of the molecule is CSCCC(NC(=O)C1CCCN1C(=O)CN)C(=O)NC(C(=O)O)C(C)C. The van der Waals surface area contributed by atoms with Gasteiger partial charge in [0.2, 0.25) is 17.7 Å². The summed E-state index contributed by atoms with van der Waals surface area (Å²) in [5, 5.41) is 14.5. The molecule has 5 N–H and O–H groups in total. The molecular formula is C17H30N4O5S. The third kappa shape index (κ3) is 6.69. The maximum atomic E-state index is 12.7. The van der Waals surface area contributed by atoms with Gasteiger partial charge in [0.1, 0.15) is 18.1 Å². The Hall–Kier alpha value is -1.81. The predicted molar refractivity (Wildman–Crippen MR) is 103 cm³/mol. The Morgan fingerprint density at radius 3 is 2.44 bits per heavy atom. The van der Waals surface area contributed by atoms with E-state index in [-0.39, 0.29) is 18.4 Å². The lowest BCUT2D eigenvalue weighted by molar-refractivity contribution is -0.144. The number of thioether (sulfide) groups is 1. The highest BCUT2D eigenvalue weighted by Crippen LogP contribution is 2.18. The van der Waals surface area contributed by atoms with E-state index in [1.165, 1.54) is 16.7 Å². The zero-order valence-corrected chi connectivity index (χ0v) is 16.9. The van der Waals surface area contributed by atoms with Crippen molar-refractivity contribution in [2.24, 2.45) is 11.7 Å². The van der Waals surface area contributed by atoms with Crippen LogP contribution in [0.3, 0.4) is 0 Å². The molecule has 1 heterocycles. The van der Waals surface area contributed by atoms with Gasteiger partial charge in [-0.3, -0.25) is 14.4 Å². The molecule has 0 saturated carbocycles. The Morgan fingerprint density at radius 2 is 1.93 bits per heavy atom. The van der Waals surface area contributed by atoms with E-state index in [0.717, 1.165) is 0 Å². The fraction of sp³-hybridized carbons (Fsp3) is 0.765. The highest BCUT2D eigenvalue weighted by molar-refractivity contribution is 7.98. The maximum Gasteiger partial charge on any atom is 0.326 e. The molecule has 0 aromatic carbocycles. The third-order valence-corrected chi connectivity index (χ3v) is 5.17. The molecule has 0 aromatic rings. The molecule has 10 heteroatoms. The Bertz CT molecular complexity index is 557. The number of carboxylic acids is 1. The predicted octanol–water partition coefficient (Wildman–Crippen LogP) is -0.601. The summed E-state index contributed by atoms with van der Waals surface area (Å²) in [5.41, 5.74) is 5.40. The average molecular weight is 403 g/mol. The van der Waals surface area contributed by atoms with Gasteiger partial charge in [-0.25, -0.2) is 4.79 Å². The highest BCUT2D eigenvalue weighted by Gasteiger charge is 2.36. The molecule has 27 heavy (non-hydrogen) atoms. The van der Waals surface area contributed by atoms with Crippen molar-refractivity contribution in [2.75, 3.05) is 25.1 Å². The maximum absolute atomic E-state index is 12.7. The van der Waals surface area contributed by atoms with Crippen LogP contribution in [-0.2, 0) is 19.2 Å². The monoisotopic (exact) mass is 402 g/mol. The van der Waals surface area contributed by atoms with Gasteiger partial charge in [-0.05, 0) is 37.2 Å². The number of hydrogen-bond acceptors (Lipinski definition) is 6. The fourth-order valence-electron chi connectivity index (χ4n) is 2.99. The lowest BCUT2D eigenvalue weighted by Crippen LogP contribution is -2.56. The van der Waals surface area contributed by atoms with E-state index >= 15 is 0 Å². The fourth-order valence-corrected chi connectivity index (χ4v) is 3.47. The van der Waals surface area contributed by atoms with Gasteiger partial charge in [-0.1, -0.05) is 13.8 Å². The first-order chi connectivity index (χ1) is 12.7. The first kappa shape index (κ1) is 23.2. The van der Waals surface area contributed by atoms with Crippen LogP contribution in [0, 0.1) is 5.92 Å². The van der Waals surface area contributed by atoms with Crippen molar-refractivity contribution < 1.29 is 24.3 Å². The van der Waals surface area contributed by atoms with Crippen LogP contribution in [0.1, 0.15) is 33.1 Å². The number of carbonyl (C=O) groups is 4. The van der Waals surface area contributed by atoms with Crippen molar-refractivity contribution in [3.8, 4) is 0 Å². The minimum Gasteiger partial charge on any atom is -0.480 e. The van der Waals surface area contributed by atoms with Gasteiger partial charge in [0, 0.05) is 6.54 Å². The summed E-state index contributed by atoms with van der Waals surface area (Å²) in [6, 6.07) is -2.54. The number of carboxylic acid groups (broad SMARTS) is 1. The summed E-state index contributed by atoms with van der Waals surface area (Å²) in [6.45, 7) is 3.69. The van der Waals surface area contributed by atoms with E-state index in [9.17, 15) is 24.3 Å². The van der Waals surface area contributed by atoms with Crippen LogP contribution in [0.2, 0.25) is 0 Å². The number of hydrogen-bond donors (Lipinski definition) is 4. The lowest BCUT2D eigenvalue weighted by Gasteiger charge is -2.27. The molecule has 3 unspecified atom stereocenters. The number of aliphatic carboxylic acids is 1. The molecular weight excluding hydrogens is 372 g/mol. The molecule has 0 radical (unpaired) electrons. The van der Waals surface area contributed by atoms with E-state index in [2.05, 4.69) is 10.6 Å². The van der Waals surface area contributed by atoms with Crippen LogP contribution in [0.15, 0.2) is 0 Å². The van der Waals surface area contributed by atoms with Crippen LogP contribution in [0.4, 0.5) is 0 Å². The van der Waals surface area contributed by atoms with Crippen molar-refractivity contribution in [3.05, 3.63) is 0 Å². The molecule has 1 aliphatic rings. The zero-order valence-electron chi connectivity index (χ0n) is 16.1. The topological polar surface area (TPSA) is 142 Å². The summed E-state index contributed by atoms with van der Waals surface area (Å²) in [4.78, 5) is 49.9. The Labute approximate surface area is 163 Å². The van der Waals surface area contributed by atoms with E-state index in [1.54, 1.807) is 13.8 Å². The summed E-state index contributed by atoms with van der Waals surface area (Å²) in [6.07, 6.45) is 3.45. The summed E-state index contributed by atoms with van der Waals surface area (Å²) < 4.78 is 0. The molecule has 154 valence electrons. The smallest absolute Gasteiger partial charge is 0.326 e. The molecule has 9 nitrogen and oxygen atoms in total. The third-order valence-electron chi connectivity index (χ3n) is 4.52. The van der Waals surface area contributed by atoms with Crippen molar-refractivity contribution >= 4 is 35.5 Å². The van der Waals surface area contributed by atoms with Crippen molar-refractivity contribution in [1.29, 1.82) is 0 Å². The molecule has 0 aromatic heterocycles. The van der Waals surface area contributed by atoms with E-state index in [0.29, 0.717) is 31.6 Å². The lowest BCUT2D eigenvalue weighted by atomic mass is 10.0. The van der Waals surface area contributed by atoms with Crippen molar-refractivity contribution in [1.82, 2.24) is 15.5 Å². The zero-order chi connectivity index (χ0) is 20.6. The number of likely N-dealkylation sites (tertiary alicyclic amines) is 1. The van der Waals surface area contributed by atoms with Crippen molar-refractivity contribution in [3.63, 3.8) is 0 Å². The van der Waals surface area contributed by atoms with Gasteiger partial charge < -0.3 is 26.4 Å². The minimum absolute atomic E-state index is 0.172. The Balaban J connectivity index is 2.83. The van der Waals surface area contributed by atoms with E-state index < -0.39 is 35.9 Å². The van der Waals surface area contributed by atoms with Crippen LogP contribution in [0.25, 0.3) is 0 Å². The molecule has 1 saturated heterocycles. The molecule has 1 fully saturated rings. The normalized spacial score (nSPS) is 18.9. The molecule has 3 amide bonds. The second-order valence-corrected chi connectivity index (χ2v) is 7.85. The summed E-state index contributed by atoms with van der Waals surface area (Å²) in [5.74, 6) is -2.04. The number of carbonyl (C=O) groups excluding carboxylic acids is 3. The summed E-state index contributed by atoms with van der Waals surface area (Å²) in [7, 11) is 0. The number of rotatable bonds is 10. The number of nitrogens with two attached hydrogens (primary N) is 1. The number of nitrogens with zero attached hydrogens (tertiary/aromatic N) is 1. The Morgan fingerprint density at radius 1 is 1.26 bits per heavy atom. The van der Waals surface area contributed by atoms with Gasteiger partial charge in [0.25, 0.3) is 0 Å². The van der Waals surface area contributed by atoms with Crippen molar-refractivity contribution in [2.45, 2.75) is 51.2 Å². The van der Waals surface area contributed by atoms with Gasteiger partial charge in [0.05, 0.1) is 6.54 Å². The first-order valence-electron chi connectivity index (χ1n) is 9.04. The van der Waals surface area contributed by atoms with Crippen LogP contribution in [0.5, 0.6) is 0 Å². The highest BCUT2D eigenvalue weighted by atomic mass is 32.2. The van der Waals surface area contributed by atoms with Gasteiger partial charge >= 0.3 is 5.97 Å². The van der Waals surface area contributed by atoms with Crippen LogP contribution < -0.4 is 16.4 Å². The first-order valence-corrected chi connectivity index (χ1v) is 10.4. The van der Waals surface area contributed by atoms with E-state index in [1.807, 2.05) is 6.26 Å². The largest absolute Gasteiger partial charge is 0.480 e. The van der Waals surface area contributed by atoms with Gasteiger partial charge in [-0.15, -0.1) is 0 Å². The van der Waals surface area contributed by atoms with Gasteiger partial charge in [0.15, 0.2) is 0 Å². The number of nitrogens with one attached hydrogen (secondary N) is 2. The van der Waals surface area contributed by atoms with Gasteiger partial charge in [-0.2, -0.15) is 11.8 Å². The molecule has 1 rings (SSSR count). The van der Waals surface area contributed by atoms with Crippen LogP contribution >= 0.6 is 11.8 Å². The average Bonchev–Trinajstić information content (AvgIpc) is 3.11. The molecule has 1 aliphatic heterocycles. The summed E-state index contributed by atoms with van der Waals surface area (Å²) >= 11 is 1.52. The van der Waals surface area contributed by atoms with E-state index in [4.69, 9.17) is 5.73 Å². The minimum atomic E-state index is -1.12. The van der Waals surface area contributed by atoms with Crippen LogP contribution in [-0.4, -0.2) is 76.9 Å². The second-order valence-electron chi connectivity index (χ2n) is 6.86.